The topological polar surface area (TPSA) is 68.2 Å². The van der Waals surface area contributed by atoms with Gasteiger partial charge in [-0.25, -0.2) is 0 Å². The summed E-state index contributed by atoms with van der Waals surface area (Å²) in [7, 11) is 0. The normalized spacial score (nSPS) is 29.7. The van der Waals surface area contributed by atoms with Crippen molar-refractivity contribution in [1.82, 2.24) is 15.0 Å². The number of hydrogen-bond acceptors (Lipinski definition) is 6. The highest BCUT2D eigenvalue weighted by Crippen LogP contribution is 2.36. The van der Waals surface area contributed by atoms with E-state index in [2.05, 4.69) is 15.0 Å². The van der Waals surface area contributed by atoms with Gasteiger partial charge in [-0.15, -0.1) is 0 Å². The SMILES string of the molecule is NC1CCCC2CN(Cc3nc(-c4ccsc4)no3)CC12. The first-order chi connectivity index (χ1) is 10.3. The molecule has 1 saturated heterocycles. The summed E-state index contributed by atoms with van der Waals surface area (Å²) in [6.45, 7) is 2.94. The largest absolute Gasteiger partial charge is 0.338 e. The van der Waals surface area contributed by atoms with Gasteiger partial charge in [-0.3, -0.25) is 4.90 Å². The Hall–Kier alpha value is -1.24. The van der Waals surface area contributed by atoms with Gasteiger partial charge in [0.2, 0.25) is 11.7 Å². The van der Waals surface area contributed by atoms with E-state index in [0.717, 1.165) is 31.1 Å². The van der Waals surface area contributed by atoms with Crippen LogP contribution in [0.3, 0.4) is 0 Å². The van der Waals surface area contributed by atoms with Crippen LogP contribution in [0.2, 0.25) is 0 Å². The summed E-state index contributed by atoms with van der Waals surface area (Å²) >= 11 is 1.64. The second-order valence-corrected chi connectivity index (χ2v) is 7.02. The molecule has 0 bridgehead atoms. The Morgan fingerprint density at radius 1 is 1.38 bits per heavy atom. The molecule has 3 atom stereocenters. The molecule has 0 spiro atoms. The summed E-state index contributed by atoms with van der Waals surface area (Å²) in [4.78, 5) is 6.93. The molecule has 5 nitrogen and oxygen atoms in total. The zero-order valence-electron chi connectivity index (χ0n) is 11.9. The van der Waals surface area contributed by atoms with E-state index in [-0.39, 0.29) is 0 Å². The lowest BCUT2D eigenvalue weighted by atomic mass is 9.78. The van der Waals surface area contributed by atoms with E-state index in [0.29, 0.717) is 23.7 Å². The summed E-state index contributed by atoms with van der Waals surface area (Å²) in [5.41, 5.74) is 7.30. The van der Waals surface area contributed by atoms with Crippen LogP contribution in [0.15, 0.2) is 21.3 Å². The fourth-order valence-corrected chi connectivity index (χ4v) is 4.39. The number of likely N-dealkylation sites (tertiary alicyclic amines) is 1. The van der Waals surface area contributed by atoms with Crippen LogP contribution >= 0.6 is 11.3 Å². The third-order valence-corrected chi connectivity index (χ3v) is 5.52. The summed E-state index contributed by atoms with van der Waals surface area (Å²) < 4.78 is 5.40. The second-order valence-electron chi connectivity index (χ2n) is 6.24. The van der Waals surface area contributed by atoms with Crippen LogP contribution in [0.4, 0.5) is 0 Å². The molecule has 1 saturated carbocycles. The Bertz CT molecular complexity index is 597. The van der Waals surface area contributed by atoms with Gasteiger partial charge >= 0.3 is 0 Å². The highest BCUT2D eigenvalue weighted by molar-refractivity contribution is 7.08. The molecule has 0 amide bonds. The predicted molar refractivity (Wildman–Crippen MR) is 81.7 cm³/mol. The maximum absolute atomic E-state index is 6.27. The van der Waals surface area contributed by atoms with Crippen molar-refractivity contribution < 1.29 is 4.52 Å². The van der Waals surface area contributed by atoms with Crippen molar-refractivity contribution in [2.75, 3.05) is 13.1 Å². The third kappa shape index (κ3) is 2.63. The minimum absolute atomic E-state index is 0.373. The average Bonchev–Trinajstić information content (AvgIpc) is 3.18. The van der Waals surface area contributed by atoms with Gasteiger partial charge in [-0.2, -0.15) is 16.3 Å². The number of thiophene rings is 1. The summed E-state index contributed by atoms with van der Waals surface area (Å²) in [5.74, 6) is 2.81. The molecule has 3 unspecified atom stereocenters. The van der Waals surface area contributed by atoms with Crippen LogP contribution in [-0.2, 0) is 6.54 Å². The molecule has 2 fully saturated rings. The minimum Gasteiger partial charge on any atom is -0.338 e. The van der Waals surface area contributed by atoms with Gasteiger partial charge in [0.25, 0.3) is 0 Å². The zero-order chi connectivity index (χ0) is 14.2. The van der Waals surface area contributed by atoms with E-state index < -0.39 is 0 Å². The Balaban J connectivity index is 1.43. The van der Waals surface area contributed by atoms with E-state index in [1.54, 1.807) is 11.3 Å². The Morgan fingerprint density at radius 2 is 2.33 bits per heavy atom. The monoisotopic (exact) mass is 304 g/mol. The molecular weight excluding hydrogens is 284 g/mol. The van der Waals surface area contributed by atoms with E-state index in [1.807, 2.05) is 16.8 Å². The Kier molecular flexibility index (Phi) is 3.52. The highest BCUT2D eigenvalue weighted by atomic mass is 32.1. The second kappa shape index (κ2) is 5.51. The maximum Gasteiger partial charge on any atom is 0.241 e. The molecule has 2 aromatic rings. The van der Waals surface area contributed by atoms with Crippen molar-refractivity contribution in [3.63, 3.8) is 0 Å². The minimum atomic E-state index is 0.373. The van der Waals surface area contributed by atoms with Gasteiger partial charge in [0.15, 0.2) is 0 Å². The predicted octanol–water partition coefficient (Wildman–Crippen LogP) is 2.36. The number of rotatable bonds is 3. The van der Waals surface area contributed by atoms with E-state index in [1.165, 1.54) is 19.3 Å². The average molecular weight is 304 g/mol. The lowest BCUT2D eigenvalue weighted by molar-refractivity contribution is 0.252. The molecule has 2 N–H and O–H groups in total. The molecule has 1 aliphatic carbocycles. The number of nitrogens with zero attached hydrogens (tertiary/aromatic N) is 3. The smallest absolute Gasteiger partial charge is 0.241 e. The quantitative estimate of drug-likeness (QED) is 0.942. The van der Waals surface area contributed by atoms with Crippen molar-refractivity contribution in [2.24, 2.45) is 17.6 Å². The van der Waals surface area contributed by atoms with Crippen LogP contribution in [-0.4, -0.2) is 34.2 Å². The number of nitrogens with two attached hydrogens (primary N) is 1. The molecule has 112 valence electrons. The van der Waals surface area contributed by atoms with Crippen molar-refractivity contribution in [1.29, 1.82) is 0 Å². The highest BCUT2D eigenvalue weighted by Gasteiger charge is 2.38. The van der Waals surface area contributed by atoms with Gasteiger partial charge in [-0.1, -0.05) is 11.6 Å². The van der Waals surface area contributed by atoms with E-state index >= 15 is 0 Å². The molecule has 6 heteroatoms. The molecule has 4 rings (SSSR count). The fraction of sp³-hybridized carbons (Fsp3) is 0.600. The molecule has 2 aliphatic rings. The van der Waals surface area contributed by atoms with Crippen molar-refractivity contribution in [3.05, 3.63) is 22.7 Å². The third-order valence-electron chi connectivity index (χ3n) is 4.84. The first-order valence-electron chi connectivity index (χ1n) is 7.62. The van der Waals surface area contributed by atoms with Gasteiger partial charge in [0.1, 0.15) is 0 Å². The van der Waals surface area contributed by atoms with Crippen LogP contribution in [0.1, 0.15) is 25.2 Å². The maximum atomic E-state index is 6.27. The van der Waals surface area contributed by atoms with Crippen molar-refractivity contribution in [2.45, 2.75) is 31.8 Å². The molecular formula is C15H20N4OS. The zero-order valence-corrected chi connectivity index (χ0v) is 12.8. The van der Waals surface area contributed by atoms with Gasteiger partial charge < -0.3 is 10.3 Å². The van der Waals surface area contributed by atoms with Gasteiger partial charge in [0.05, 0.1) is 6.54 Å². The van der Waals surface area contributed by atoms with Crippen LogP contribution < -0.4 is 5.73 Å². The lowest BCUT2D eigenvalue weighted by Gasteiger charge is -2.29. The Labute approximate surface area is 128 Å². The molecule has 2 aromatic heterocycles. The van der Waals surface area contributed by atoms with Gasteiger partial charge in [0, 0.05) is 30.1 Å². The molecule has 21 heavy (non-hydrogen) atoms. The number of fused-ring (bicyclic) bond motifs is 1. The van der Waals surface area contributed by atoms with E-state index in [9.17, 15) is 0 Å². The van der Waals surface area contributed by atoms with E-state index in [4.69, 9.17) is 10.3 Å². The summed E-state index contributed by atoms with van der Waals surface area (Å²) in [5, 5.41) is 8.14. The molecule has 0 radical (unpaired) electrons. The molecule has 3 heterocycles. The summed E-state index contributed by atoms with van der Waals surface area (Å²) in [6.07, 6.45) is 3.77. The Morgan fingerprint density at radius 3 is 3.14 bits per heavy atom. The standard InChI is InChI=1S/C15H20N4OS/c16-13-3-1-2-10-6-19(7-12(10)13)8-14-17-15(18-20-14)11-4-5-21-9-11/h4-5,9-10,12-13H,1-3,6-8,16H2. The van der Waals surface area contributed by atoms with Crippen LogP contribution in [0.5, 0.6) is 0 Å². The first-order valence-corrected chi connectivity index (χ1v) is 8.57. The molecule has 0 aromatic carbocycles. The van der Waals surface area contributed by atoms with Gasteiger partial charge in [-0.05, 0) is 36.1 Å². The number of hydrogen-bond donors (Lipinski definition) is 1. The van der Waals surface area contributed by atoms with Crippen LogP contribution in [0, 0.1) is 11.8 Å². The molecule has 1 aliphatic heterocycles. The fourth-order valence-electron chi connectivity index (χ4n) is 3.76. The number of aromatic nitrogens is 2. The first kappa shape index (κ1) is 13.4. The van der Waals surface area contributed by atoms with Crippen molar-refractivity contribution in [3.8, 4) is 11.4 Å². The van der Waals surface area contributed by atoms with Crippen LogP contribution in [0.25, 0.3) is 11.4 Å². The lowest BCUT2D eigenvalue weighted by Crippen LogP contribution is -2.38. The van der Waals surface area contributed by atoms with Crippen molar-refractivity contribution >= 4 is 11.3 Å². The summed E-state index contributed by atoms with van der Waals surface area (Å²) in [6, 6.07) is 2.39.